The first kappa shape index (κ1) is 23.1. The summed E-state index contributed by atoms with van der Waals surface area (Å²) in [5.74, 6) is 1.70. The van der Waals surface area contributed by atoms with E-state index in [0.717, 1.165) is 54.6 Å². The molecule has 0 spiro atoms. The molecule has 1 aliphatic heterocycles. The van der Waals surface area contributed by atoms with Crippen molar-refractivity contribution in [2.75, 3.05) is 31.1 Å². The van der Waals surface area contributed by atoms with Crippen molar-refractivity contribution in [1.82, 2.24) is 19.9 Å². The van der Waals surface area contributed by atoms with Gasteiger partial charge in [-0.3, -0.25) is 9.88 Å². The van der Waals surface area contributed by atoms with Crippen LogP contribution >= 0.6 is 0 Å². The largest absolute Gasteiger partial charge is 0.354 e. The SMILES string of the molecule is c1ccc(-c2cc(N3CCN(C(c4ccccc4)c4ccccc4)CC3)nc(-c3ccncc3)n2)cc1. The second kappa shape index (κ2) is 10.7. The third kappa shape index (κ3) is 5.13. The van der Waals surface area contributed by atoms with Crippen LogP contribution in [0.25, 0.3) is 22.6 Å². The lowest BCUT2D eigenvalue weighted by molar-refractivity contribution is 0.212. The minimum atomic E-state index is 0.238. The molecule has 1 aliphatic rings. The molecule has 3 heterocycles. The molecule has 5 heteroatoms. The molecule has 6 rings (SSSR count). The van der Waals surface area contributed by atoms with Gasteiger partial charge in [-0.1, -0.05) is 91.0 Å². The number of rotatable bonds is 6. The van der Waals surface area contributed by atoms with Gasteiger partial charge in [-0.25, -0.2) is 9.97 Å². The molecule has 0 aliphatic carbocycles. The Morgan fingerprint density at radius 2 is 1.14 bits per heavy atom. The lowest BCUT2D eigenvalue weighted by Gasteiger charge is -2.40. The molecule has 0 amide bonds. The summed E-state index contributed by atoms with van der Waals surface area (Å²) in [4.78, 5) is 19.1. The number of nitrogens with zero attached hydrogens (tertiary/aromatic N) is 5. The average molecular weight is 484 g/mol. The molecule has 182 valence electrons. The molecular weight excluding hydrogens is 454 g/mol. The van der Waals surface area contributed by atoms with Crippen LogP contribution < -0.4 is 4.90 Å². The van der Waals surface area contributed by atoms with Gasteiger partial charge in [-0.2, -0.15) is 0 Å². The topological polar surface area (TPSA) is 45.2 Å². The molecule has 0 radical (unpaired) electrons. The molecule has 2 aromatic heterocycles. The minimum Gasteiger partial charge on any atom is -0.354 e. The molecule has 5 aromatic rings. The Kier molecular flexibility index (Phi) is 6.69. The predicted octanol–water partition coefficient (Wildman–Crippen LogP) is 6.12. The van der Waals surface area contributed by atoms with E-state index in [1.54, 1.807) is 12.4 Å². The predicted molar refractivity (Wildman–Crippen MR) is 149 cm³/mol. The Morgan fingerprint density at radius 1 is 0.568 bits per heavy atom. The van der Waals surface area contributed by atoms with Crippen LogP contribution in [0.3, 0.4) is 0 Å². The van der Waals surface area contributed by atoms with Gasteiger partial charge in [0.15, 0.2) is 5.82 Å². The highest BCUT2D eigenvalue weighted by Crippen LogP contribution is 2.31. The first-order valence-corrected chi connectivity index (χ1v) is 12.8. The molecular formula is C32H29N5. The highest BCUT2D eigenvalue weighted by Gasteiger charge is 2.27. The van der Waals surface area contributed by atoms with Crippen LogP contribution in [-0.2, 0) is 0 Å². The summed E-state index contributed by atoms with van der Waals surface area (Å²) in [6, 6.07) is 38.3. The summed E-state index contributed by atoms with van der Waals surface area (Å²) in [7, 11) is 0. The molecule has 1 fully saturated rings. The highest BCUT2D eigenvalue weighted by atomic mass is 15.3. The Hall–Kier alpha value is -4.35. The number of hydrogen-bond donors (Lipinski definition) is 0. The van der Waals surface area contributed by atoms with Crippen LogP contribution in [0.5, 0.6) is 0 Å². The van der Waals surface area contributed by atoms with E-state index in [-0.39, 0.29) is 6.04 Å². The number of anilines is 1. The number of hydrogen-bond acceptors (Lipinski definition) is 5. The molecule has 0 bridgehead atoms. The van der Waals surface area contributed by atoms with Gasteiger partial charge in [0, 0.05) is 55.8 Å². The molecule has 0 unspecified atom stereocenters. The summed E-state index contributed by atoms with van der Waals surface area (Å²) in [6.45, 7) is 3.70. The summed E-state index contributed by atoms with van der Waals surface area (Å²) in [6.07, 6.45) is 3.58. The Morgan fingerprint density at radius 3 is 1.73 bits per heavy atom. The summed E-state index contributed by atoms with van der Waals surface area (Å²) < 4.78 is 0. The van der Waals surface area contributed by atoms with E-state index < -0.39 is 0 Å². The van der Waals surface area contributed by atoms with Gasteiger partial charge in [0.1, 0.15) is 5.82 Å². The summed E-state index contributed by atoms with van der Waals surface area (Å²) in [5, 5.41) is 0. The summed E-state index contributed by atoms with van der Waals surface area (Å²) >= 11 is 0. The van der Waals surface area contributed by atoms with Gasteiger partial charge in [0.05, 0.1) is 11.7 Å². The number of pyridine rings is 1. The van der Waals surface area contributed by atoms with Crippen molar-refractivity contribution < 1.29 is 0 Å². The van der Waals surface area contributed by atoms with Crippen LogP contribution in [0.1, 0.15) is 17.2 Å². The Labute approximate surface area is 218 Å². The van der Waals surface area contributed by atoms with E-state index in [4.69, 9.17) is 9.97 Å². The Balaban J connectivity index is 1.29. The quantitative estimate of drug-likeness (QED) is 0.291. The zero-order chi connectivity index (χ0) is 24.9. The standard InChI is InChI=1S/C32H29N5/c1-4-10-25(11-5-1)29-24-30(35-32(34-29)28-16-18-33-19-17-28)36-20-22-37(23-21-36)31(26-12-6-2-7-13-26)27-14-8-3-9-15-27/h1-19,24,31H,20-23H2. The van der Waals surface area contributed by atoms with E-state index in [0.29, 0.717) is 0 Å². The highest BCUT2D eigenvalue weighted by molar-refractivity contribution is 5.67. The van der Waals surface area contributed by atoms with Gasteiger partial charge in [-0.15, -0.1) is 0 Å². The zero-order valence-electron chi connectivity index (χ0n) is 20.7. The molecule has 0 N–H and O–H groups in total. The van der Waals surface area contributed by atoms with Crippen LogP contribution in [-0.4, -0.2) is 46.0 Å². The maximum Gasteiger partial charge on any atom is 0.162 e. The van der Waals surface area contributed by atoms with Gasteiger partial charge in [-0.05, 0) is 23.3 Å². The first-order chi connectivity index (χ1) is 18.3. The third-order valence-corrected chi connectivity index (χ3v) is 6.95. The molecule has 5 nitrogen and oxygen atoms in total. The summed E-state index contributed by atoms with van der Waals surface area (Å²) in [5.41, 5.74) is 5.66. The maximum atomic E-state index is 5.01. The Bertz CT molecular complexity index is 1320. The third-order valence-electron chi connectivity index (χ3n) is 6.95. The van der Waals surface area contributed by atoms with Crippen LogP contribution in [0.15, 0.2) is 122 Å². The second-order valence-corrected chi connectivity index (χ2v) is 9.28. The number of benzene rings is 3. The lowest BCUT2D eigenvalue weighted by atomic mass is 9.96. The second-order valence-electron chi connectivity index (χ2n) is 9.28. The van der Waals surface area contributed by atoms with E-state index >= 15 is 0 Å². The van der Waals surface area contributed by atoms with Crippen molar-refractivity contribution in [3.63, 3.8) is 0 Å². The van der Waals surface area contributed by atoms with Crippen molar-refractivity contribution in [1.29, 1.82) is 0 Å². The normalized spacial score (nSPS) is 14.1. The zero-order valence-corrected chi connectivity index (χ0v) is 20.7. The van der Waals surface area contributed by atoms with Crippen LogP contribution in [0.4, 0.5) is 5.82 Å². The van der Waals surface area contributed by atoms with Crippen molar-refractivity contribution in [2.24, 2.45) is 0 Å². The maximum absolute atomic E-state index is 5.01. The molecule has 37 heavy (non-hydrogen) atoms. The fourth-order valence-electron chi connectivity index (χ4n) is 5.08. The smallest absolute Gasteiger partial charge is 0.162 e. The van der Waals surface area contributed by atoms with Crippen molar-refractivity contribution in [2.45, 2.75) is 6.04 Å². The van der Waals surface area contributed by atoms with Gasteiger partial charge in [0.25, 0.3) is 0 Å². The fourth-order valence-corrected chi connectivity index (χ4v) is 5.08. The van der Waals surface area contributed by atoms with Gasteiger partial charge >= 0.3 is 0 Å². The monoisotopic (exact) mass is 483 g/mol. The van der Waals surface area contributed by atoms with Gasteiger partial charge in [0.2, 0.25) is 0 Å². The van der Waals surface area contributed by atoms with E-state index in [1.807, 2.05) is 18.2 Å². The van der Waals surface area contributed by atoms with E-state index in [1.165, 1.54) is 11.1 Å². The van der Waals surface area contributed by atoms with Crippen molar-refractivity contribution in [3.05, 3.63) is 133 Å². The van der Waals surface area contributed by atoms with Crippen molar-refractivity contribution >= 4 is 5.82 Å². The van der Waals surface area contributed by atoms with Crippen molar-refractivity contribution in [3.8, 4) is 22.6 Å². The first-order valence-electron chi connectivity index (χ1n) is 12.8. The molecule has 3 aromatic carbocycles. The molecule has 0 atom stereocenters. The minimum absolute atomic E-state index is 0.238. The number of piperazine rings is 1. The van der Waals surface area contributed by atoms with E-state index in [2.05, 4.69) is 106 Å². The average Bonchev–Trinajstić information content (AvgIpc) is 2.99. The molecule has 1 saturated heterocycles. The van der Waals surface area contributed by atoms with Crippen LogP contribution in [0.2, 0.25) is 0 Å². The number of aromatic nitrogens is 3. The lowest BCUT2D eigenvalue weighted by Crippen LogP contribution is -2.48. The van der Waals surface area contributed by atoms with Crippen LogP contribution in [0, 0.1) is 0 Å². The van der Waals surface area contributed by atoms with Gasteiger partial charge < -0.3 is 4.90 Å². The van der Waals surface area contributed by atoms with E-state index in [9.17, 15) is 0 Å². The fraction of sp³-hybridized carbons (Fsp3) is 0.156. The molecule has 0 saturated carbocycles.